The fourth-order valence-corrected chi connectivity index (χ4v) is 5.25. The summed E-state index contributed by atoms with van der Waals surface area (Å²) in [7, 11) is 3.16. The number of hydrogen-bond acceptors (Lipinski definition) is 6. The van der Waals surface area contributed by atoms with Crippen LogP contribution in [0.1, 0.15) is 24.2 Å². The van der Waals surface area contributed by atoms with Crippen molar-refractivity contribution in [1.82, 2.24) is 0 Å². The van der Waals surface area contributed by atoms with Crippen molar-refractivity contribution < 1.29 is 23.9 Å². The monoisotopic (exact) mass is 505 g/mol. The Balaban J connectivity index is 1.53. The molecule has 4 rings (SSSR count). The van der Waals surface area contributed by atoms with Gasteiger partial charge in [-0.15, -0.1) is 11.8 Å². The third-order valence-corrected chi connectivity index (χ3v) is 6.98. The van der Waals surface area contributed by atoms with Crippen molar-refractivity contribution in [3.63, 3.8) is 0 Å². The lowest BCUT2D eigenvalue weighted by Crippen LogP contribution is -2.38. The SMILES string of the molecule is COc1ccc([C@H]2CC(=O)N(CC(=O)Nc3ccc(NC(C)=O)cc3)c3ccccc3S2)cc1OC. The molecule has 1 heterocycles. The number of carbonyl (C=O) groups excluding carboxylic acids is 3. The van der Waals surface area contributed by atoms with Gasteiger partial charge in [0, 0.05) is 34.9 Å². The molecule has 0 saturated heterocycles. The molecule has 1 aliphatic rings. The number of benzene rings is 3. The lowest BCUT2D eigenvalue weighted by molar-refractivity contribution is -0.121. The number of fused-ring (bicyclic) bond motifs is 1. The van der Waals surface area contributed by atoms with E-state index in [-0.39, 0.29) is 35.9 Å². The van der Waals surface area contributed by atoms with E-state index in [1.54, 1.807) is 50.2 Å². The maximum Gasteiger partial charge on any atom is 0.244 e. The van der Waals surface area contributed by atoms with Crippen LogP contribution in [0.25, 0.3) is 0 Å². The fourth-order valence-electron chi connectivity index (χ4n) is 3.97. The minimum Gasteiger partial charge on any atom is -0.493 e. The van der Waals surface area contributed by atoms with Crippen LogP contribution < -0.4 is 25.0 Å². The van der Waals surface area contributed by atoms with Crippen molar-refractivity contribution >= 4 is 46.5 Å². The van der Waals surface area contributed by atoms with Crippen LogP contribution in [-0.2, 0) is 14.4 Å². The van der Waals surface area contributed by atoms with Crippen molar-refractivity contribution in [2.24, 2.45) is 0 Å². The van der Waals surface area contributed by atoms with E-state index in [0.717, 1.165) is 10.5 Å². The summed E-state index contributed by atoms with van der Waals surface area (Å²) in [6, 6.07) is 20.0. The first-order valence-electron chi connectivity index (χ1n) is 11.3. The summed E-state index contributed by atoms with van der Waals surface area (Å²) in [5, 5.41) is 5.35. The normalized spacial score (nSPS) is 14.9. The van der Waals surface area contributed by atoms with E-state index in [2.05, 4.69) is 10.6 Å². The van der Waals surface area contributed by atoms with E-state index in [0.29, 0.717) is 28.6 Å². The molecular formula is C27H27N3O5S. The van der Waals surface area contributed by atoms with Crippen LogP contribution >= 0.6 is 11.8 Å². The summed E-state index contributed by atoms with van der Waals surface area (Å²) in [6.07, 6.45) is 0.216. The molecule has 1 atom stereocenters. The summed E-state index contributed by atoms with van der Waals surface area (Å²) in [6.45, 7) is 1.31. The summed E-state index contributed by atoms with van der Waals surface area (Å²) < 4.78 is 10.8. The highest BCUT2D eigenvalue weighted by Crippen LogP contribution is 2.46. The molecule has 0 aliphatic carbocycles. The number of ether oxygens (including phenoxy) is 2. The van der Waals surface area contributed by atoms with Gasteiger partial charge in [0.2, 0.25) is 17.7 Å². The Bertz CT molecular complexity index is 1280. The molecule has 3 aromatic carbocycles. The molecule has 0 spiro atoms. The number of nitrogens with one attached hydrogen (secondary N) is 2. The van der Waals surface area contributed by atoms with E-state index in [9.17, 15) is 14.4 Å². The first-order chi connectivity index (χ1) is 17.4. The highest BCUT2D eigenvalue weighted by atomic mass is 32.2. The highest BCUT2D eigenvalue weighted by molar-refractivity contribution is 7.99. The minimum absolute atomic E-state index is 0.123. The third kappa shape index (κ3) is 5.80. The average Bonchev–Trinajstić information content (AvgIpc) is 3.01. The molecule has 0 saturated carbocycles. The Hall–Kier alpha value is -3.98. The highest BCUT2D eigenvalue weighted by Gasteiger charge is 2.30. The molecule has 8 nitrogen and oxygen atoms in total. The Morgan fingerprint density at radius 1 is 0.944 bits per heavy atom. The van der Waals surface area contributed by atoms with Crippen LogP contribution in [0.15, 0.2) is 71.6 Å². The zero-order valence-corrected chi connectivity index (χ0v) is 21.1. The number of amides is 3. The van der Waals surface area contributed by atoms with Crippen LogP contribution in [0.3, 0.4) is 0 Å². The molecule has 1 aliphatic heterocycles. The van der Waals surface area contributed by atoms with E-state index in [1.807, 2.05) is 42.5 Å². The van der Waals surface area contributed by atoms with Gasteiger partial charge in [-0.1, -0.05) is 18.2 Å². The molecule has 3 aromatic rings. The molecule has 3 amide bonds. The second-order valence-corrected chi connectivity index (χ2v) is 9.42. The number of carbonyl (C=O) groups is 3. The van der Waals surface area contributed by atoms with Crippen LogP contribution in [0.2, 0.25) is 0 Å². The van der Waals surface area contributed by atoms with E-state index in [4.69, 9.17) is 9.47 Å². The predicted octanol–water partition coefficient (Wildman–Crippen LogP) is 4.87. The third-order valence-electron chi connectivity index (χ3n) is 5.66. The fraction of sp³-hybridized carbons (Fsp3) is 0.222. The smallest absolute Gasteiger partial charge is 0.244 e. The summed E-state index contributed by atoms with van der Waals surface area (Å²) in [5.41, 5.74) is 2.84. The molecule has 9 heteroatoms. The zero-order valence-electron chi connectivity index (χ0n) is 20.2. The van der Waals surface area contributed by atoms with E-state index < -0.39 is 0 Å². The van der Waals surface area contributed by atoms with Crippen molar-refractivity contribution in [3.05, 3.63) is 72.3 Å². The van der Waals surface area contributed by atoms with Crippen molar-refractivity contribution in [3.8, 4) is 11.5 Å². The molecule has 0 fully saturated rings. The maximum atomic E-state index is 13.4. The second-order valence-electron chi connectivity index (χ2n) is 8.18. The molecule has 0 aromatic heterocycles. The van der Waals surface area contributed by atoms with E-state index in [1.165, 1.54) is 11.8 Å². The summed E-state index contributed by atoms with van der Waals surface area (Å²) in [4.78, 5) is 40.0. The van der Waals surface area contributed by atoms with Crippen LogP contribution in [0.4, 0.5) is 17.1 Å². The van der Waals surface area contributed by atoms with E-state index >= 15 is 0 Å². The van der Waals surface area contributed by atoms with Gasteiger partial charge in [-0.25, -0.2) is 0 Å². The van der Waals surface area contributed by atoms with Crippen LogP contribution in [-0.4, -0.2) is 38.5 Å². The molecule has 2 N–H and O–H groups in total. The van der Waals surface area contributed by atoms with Crippen molar-refractivity contribution in [2.45, 2.75) is 23.5 Å². The predicted molar refractivity (Wildman–Crippen MR) is 141 cm³/mol. The lowest BCUT2D eigenvalue weighted by Gasteiger charge is -2.22. The number of nitrogens with zero attached hydrogens (tertiary/aromatic N) is 1. The molecule has 186 valence electrons. The number of methoxy groups -OCH3 is 2. The Morgan fingerprint density at radius 3 is 2.28 bits per heavy atom. The minimum atomic E-state index is -0.319. The van der Waals surface area contributed by atoms with Gasteiger partial charge in [0.25, 0.3) is 0 Å². The summed E-state index contributed by atoms with van der Waals surface area (Å²) >= 11 is 1.58. The summed E-state index contributed by atoms with van der Waals surface area (Å²) in [5.74, 6) is 0.578. The van der Waals surface area contributed by atoms with Gasteiger partial charge in [-0.05, 0) is 54.1 Å². The molecule has 0 radical (unpaired) electrons. The quantitative estimate of drug-likeness (QED) is 0.476. The largest absolute Gasteiger partial charge is 0.493 e. The molecule has 0 unspecified atom stereocenters. The zero-order chi connectivity index (χ0) is 25.7. The topological polar surface area (TPSA) is 97.0 Å². The van der Waals surface area contributed by atoms with Gasteiger partial charge in [-0.2, -0.15) is 0 Å². The van der Waals surface area contributed by atoms with Gasteiger partial charge in [-0.3, -0.25) is 14.4 Å². The van der Waals surface area contributed by atoms with Gasteiger partial charge in [0.15, 0.2) is 11.5 Å². The average molecular weight is 506 g/mol. The standard InChI is InChI=1S/C27H27N3O5S/c1-17(31)28-19-9-11-20(12-10-19)29-26(32)16-30-21-6-4-5-7-24(21)36-25(15-27(30)33)18-8-13-22(34-2)23(14-18)35-3/h4-14,25H,15-16H2,1-3H3,(H,28,31)(H,29,32)/t25-/m1/s1. The lowest BCUT2D eigenvalue weighted by atomic mass is 10.1. The molecule has 0 bridgehead atoms. The first-order valence-corrected chi connectivity index (χ1v) is 12.2. The van der Waals surface area contributed by atoms with Crippen molar-refractivity contribution in [2.75, 3.05) is 36.3 Å². The van der Waals surface area contributed by atoms with Gasteiger partial charge >= 0.3 is 0 Å². The Labute approximate surface area is 214 Å². The first kappa shape index (κ1) is 25.1. The van der Waals surface area contributed by atoms with Crippen LogP contribution in [0.5, 0.6) is 11.5 Å². The molecular weight excluding hydrogens is 478 g/mol. The number of hydrogen-bond donors (Lipinski definition) is 2. The van der Waals surface area contributed by atoms with Gasteiger partial charge < -0.3 is 25.0 Å². The molecule has 36 heavy (non-hydrogen) atoms. The maximum absolute atomic E-state index is 13.4. The number of thioether (sulfide) groups is 1. The number of rotatable bonds is 7. The second kappa shape index (κ2) is 11.2. The van der Waals surface area contributed by atoms with Crippen molar-refractivity contribution in [1.29, 1.82) is 0 Å². The Morgan fingerprint density at radius 2 is 1.61 bits per heavy atom. The van der Waals surface area contributed by atoms with Gasteiger partial charge in [0.05, 0.1) is 19.9 Å². The Kier molecular flexibility index (Phi) is 7.80. The van der Waals surface area contributed by atoms with Gasteiger partial charge in [0.1, 0.15) is 6.54 Å². The van der Waals surface area contributed by atoms with Crippen LogP contribution in [0, 0.1) is 0 Å². The number of anilines is 3. The number of para-hydroxylation sites is 1.